The van der Waals surface area contributed by atoms with Gasteiger partial charge >= 0.3 is 5.97 Å². The molecular formula is C42H65N5O6. The Morgan fingerprint density at radius 2 is 1.74 bits per heavy atom. The van der Waals surface area contributed by atoms with Crippen LogP contribution in [-0.2, 0) is 36.8 Å². The topological polar surface area (TPSA) is 163 Å². The van der Waals surface area contributed by atoms with E-state index in [-0.39, 0.29) is 43.0 Å². The molecule has 1 aromatic carbocycles. The SMILES string of the molecule is C=C[C@@H](C[C@H](O)[C@H](CC1CCCCC1)NC(=O)[C@H](Cc1c[nH]cn1)NC(=O)C(CC(=O)NCCCCC(=O)OC(C)(C)C)Cc1ccccc1)C(C)C. The Bertz CT molecular complexity index is 1400. The summed E-state index contributed by atoms with van der Waals surface area (Å²) in [6, 6.07) is 8.01. The zero-order valence-corrected chi connectivity index (χ0v) is 32.7. The van der Waals surface area contributed by atoms with Crippen molar-refractivity contribution in [2.24, 2.45) is 23.7 Å². The highest BCUT2D eigenvalue weighted by atomic mass is 16.6. The standard InChI is InChI=1S/C42H65N5O6/c1-7-32(29(2)3)24-37(48)35(23-31-18-12-9-13-19-31)46-41(52)36(26-34-27-43-28-45-34)47-40(51)33(22-30-16-10-8-11-17-30)25-38(49)44-21-15-14-20-39(50)53-42(4,5)6/h7-8,10-11,16-17,27-29,31-33,35-37,48H,1,9,12-15,18-26H2,2-6H3,(H,43,45)(H,44,49)(H,46,52)(H,47,51)/t32-,33?,35-,36-,37-/m0/s1. The van der Waals surface area contributed by atoms with E-state index in [1.54, 1.807) is 6.20 Å². The number of hydrogen-bond acceptors (Lipinski definition) is 7. The second-order valence-electron chi connectivity index (χ2n) is 16.1. The summed E-state index contributed by atoms with van der Waals surface area (Å²) in [4.78, 5) is 60.7. The Kier molecular flexibility index (Phi) is 18.2. The van der Waals surface area contributed by atoms with Gasteiger partial charge in [0.1, 0.15) is 11.6 Å². The van der Waals surface area contributed by atoms with Crippen molar-refractivity contribution in [1.82, 2.24) is 25.9 Å². The van der Waals surface area contributed by atoms with Crippen LogP contribution in [0.5, 0.6) is 0 Å². The lowest BCUT2D eigenvalue weighted by Crippen LogP contribution is -2.55. The van der Waals surface area contributed by atoms with Gasteiger partial charge in [0.05, 0.1) is 30.1 Å². The quantitative estimate of drug-likeness (QED) is 0.0565. The van der Waals surface area contributed by atoms with Crippen LogP contribution < -0.4 is 16.0 Å². The lowest BCUT2D eigenvalue weighted by molar-refractivity contribution is -0.154. The number of carbonyl (C=O) groups excluding carboxylic acids is 4. The smallest absolute Gasteiger partial charge is 0.306 e. The van der Waals surface area contributed by atoms with Crippen LogP contribution in [-0.4, -0.2) is 69.1 Å². The molecule has 11 heteroatoms. The van der Waals surface area contributed by atoms with Crippen molar-refractivity contribution in [3.05, 3.63) is 66.8 Å². The van der Waals surface area contributed by atoms with Gasteiger partial charge in [-0.05, 0) is 76.2 Å². The number of ether oxygens (including phenoxy) is 1. The maximum atomic E-state index is 14.2. The van der Waals surface area contributed by atoms with Gasteiger partial charge in [0, 0.05) is 32.0 Å². The van der Waals surface area contributed by atoms with Gasteiger partial charge in [-0.1, -0.05) is 82.4 Å². The van der Waals surface area contributed by atoms with Crippen molar-refractivity contribution < 1.29 is 29.0 Å². The molecule has 0 saturated heterocycles. The third-order valence-corrected chi connectivity index (χ3v) is 10.1. The van der Waals surface area contributed by atoms with Gasteiger partial charge in [-0.3, -0.25) is 19.2 Å². The van der Waals surface area contributed by atoms with Gasteiger partial charge in [-0.2, -0.15) is 0 Å². The molecule has 53 heavy (non-hydrogen) atoms. The molecule has 0 aliphatic heterocycles. The first kappa shape index (κ1) is 43.4. The van der Waals surface area contributed by atoms with Crippen molar-refractivity contribution in [1.29, 1.82) is 0 Å². The molecule has 294 valence electrons. The van der Waals surface area contributed by atoms with Crippen molar-refractivity contribution in [3.63, 3.8) is 0 Å². The molecule has 1 aromatic heterocycles. The first-order valence-corrected chi connectivity index (χ1v) is 19.7. The summed E-state index contributed by atoms with van der Waals surface area (Å²) >= 11 is 0. The van der Waals surface area contributed by atoms with E-state index in [1.165, 1.54) is 12.7 Å². The van der Waals surface area contributed by atoms with Crippen LogP contribution in [0.4, 0.5) is 0 Å². The monoisotopic (exact) mass is 735 g/mol. The molecule has 0 bridgehead atoms. The lowest BCUT2D eigenvalue weighted by atomic mass is 9.81. The van der Waals surface area contributed by atoms with E-state index in [0.29, 0.717) is 50.3 Å². The van der Waals surface area contributed by atoms with Gasteiger partial charge in [0.25, 0.3) is 0 Å². The number of esters is 1. The lowest BCUT2D eigenvalue weighted by Gasteiger charge is -2.33. The minimum atomic E-state index is -0.985. The number of nitrogens with zero attached hydrogens (tertiary/aromatic N) is 1. The van der Waals surface area contributed by atoms with E-state index in [4.69, 9.17) is 4.74 Å². The van der Waals surface area contributed by atoms with Gasteiger partial charge < -0.3 is 30.8 Å². The van der Waals surface area contributed by atoms with Crippen LogP contribution in [0.25, 0.3) is 0 Å². The summed E-state index contributed by atoms with van der Waals surface area (Å²) in [6.45, 7) is 14.0. The number of aliphatic hydroxyl groups excluding tert-OH is 1. The van der Waals surface area contributed by atoms with Gasteiger partial charge in [-0.25, -0.2) is 4.98 Å². The van der Waals surface area contributed by atoms with Gasteiger partial charge in [0.15, 0.2) is 0 Å². The fraction of sp³-hybridized carbons (Fsp3) is 0.643. The molecule has 5 N–H and O–H groups in total. The highest BCUT2D eigenvalue weighted by Crippen LogP contribution is 2.30. The third-order valence-electron chi connectivity index (χ3n) is 10.1. The van der Waals surface area contributed by atoms with Gasteiger partial charge in [-0.15, -0.1) is 6.58 Å². The van der Waals surface area contributed by atoms with Crippen LogP contribution >= 0.6 is 0 Å². The van der Waals surface area contributed by atoms with E-state index in [2.05, 4.69) is 46.3 Å². The summed E-state index contributed by atoms with van der Waals surface area (Å²) in [5.41, 5.74) is 0.950. The first-order chi connectivity index (χ1) is 25.2. The number of unbranched alkanes of at least 4 members (excludes halogenated alkanes) is 1. The number of hydrogen-bond donors (Lipinski definition) is 5. The van der Waals surface area contributed by atoms with Crippen molar-refractivity contribution in [2.45, 2.75) is 142 Å². The number of amides is 3. The number of rotatable bonds is 22. The number of aromatic nitrogens is 2. The van der Waals surface area contributed by atoms with E-state index >= 15 is 0 Å². The highest BCUT2D eigenvalue weighted by molar-refractivity contribution is 5.91. The number of imidazole rings is 1. The largest absolute Gasteiger partial charge is 0.460 e. The van der Waals surface area contributed by atoms with Crippen LogP contribution in [0.15, 0.2) is 55.5 Å². The second-order valence-corrected chi connectivity index (χ2v) is 16.1. The summed E-state index contributed by atoms with van der Waals surface area (Å²) in [7, 11) is 0. The highest BCUT2D eigenvalue weighted by Gasteiger charge is 2.33. The molecule has 1 unspecified atom stereocenters. The summed E-state index contributed by atoms with van der Waals surface area (Å²) in [5, 5.41) is 20.6. The van der Waals surface area contributed by atoms with Crippen molar-refractivity contribution in [3.8, 4) is 0 Å². The number of allylic oxidation sites excluding steroid dienone is 1. The fourth-order valence-electron chi connectivity index (χ4n) is 7.04. The van der Waals surface area contributed by atoms with Crippen LogP contribution in [0, 0.1) is 23.7 Å². The Morgan fingerprint density at radius 1 is 1.02 bits per heavy atom. The molecule has 0 radical (unpaired) electrons. The summed E-state index contributed by atoms with van der Waals surface area (Å²) in [6.07, 6.45) is 12.8. The molecular weight excluding hydrogens is 670 g/mol. The molecule has 1 aliphatic carbocycles. The van der Waals surface area contributed by atoms with E-state index in [0.717, 1.165) is 31.2 Å². The predicted octanol–water partition coefficient (Wildman–Crippen LogP) is 5.98. The van der Waals surface area contributed by atoms with Crippen LogP contribution in [0.1, 0.15) is 117 Å². The number of aliphatic hydroxyl groups is 1. The van der Waals surface area contributed by atoms with Crippen molar-refractivity contribution in [2.75, 3.05) is 6.54 Å². The molecule has 3 amide bonds. The second kappa shape index (κ2) is 22.3. The summed E-state index contributed by atoms with van der Waals surface area (Å²) < 4.78 is 5.36. The van der Waals surface area contributed by atoms with Gasteiger partial charge in [0.2, 0.25) is 17.7 Å². The molecule has 2 aromatic rings. The average molecular weight is 736 g/mol. The zero-order chi connectivity index (χ0) is 38.8. The van der Waals surface area contributed by atoms with E-state index in [9.17, 15) is 24.3 Å². The number of H-pyrrole nitrogens is 1. The Morgan fingerprint density at radius 3 is 2.36 bits per heavy atom. The molecule has 1 heterocycles. The zero-order valence-electron chi connectivity index (χ0n) is 32.7. The normalized spacial score (nSPS) is 16.5. The number of nitrogens with one attached hydrogen (secondary N) is 4. The Labute approximate surface area is 316 Å². The first-order valence-electron chi connectivity index (χ1n) is 19.7. The maximum Gasteiger partial charge on any atom is 0.306 e. The van der Waals surface area contributed by atoms with Crippen molar-refractivity contribution >= 4 is 23.7 Å². The number of carbonyl (C=O) groups is 4. The van der Waals surface area contributed by atoms with E-state index in [1.807, 2.05) is 57.2 Å². The molecule has 1 fully saturated rings. The molecule has 3 rings (SSSR count). The minimum absolute atomic E-state index is 0.0787. The summed E-state index contributed by atoms with van der Waals surface area (Å²) in [5.74, 6) is -1.35. The predicted molar refractivity (Wildman–Crippen MR) is 207 cm³/mol. The minimum Gasteiger partial charge on any atom is -0.460 e. The van der Waals surface area contributed by atoms with Crippen LogP contribution in [0.3, 0.4) is 0 Å². The molecule has 5 atom stereocenters. The third kappa shape index (κ3) is 16.7. The fourth-order valence-corrected chi connectivity index (χ4v) is 7.04. The number of benzene rings is 1. The van der Waals surface area contributed by atoms with Crippen LogP contribution in [0.2, 0.25) is 0 Å². The average Bonchev–Trinajstić information content (AvgIpc) is 3.62. The number of aromatic amines is 1. The Balaban J connectivity index is 1.74. The molecule has 1 saturated carbocycles. The van der Waals surface area contributed by atoms with E-state index < -0.39 is 41.5 Å². The molecule has 1 aliphatic rings. The maximum absolute atomic E-state index is 14.2. The molecule has 11 nitrogen and oxygen atoms in total. The Hall–Kier alpha value is -3.99. The molecule has 0 spiro atoms.